The first-order valence-corrected chi connectivity index (χ1v) is 9.30. The van der Waals surface area contributed by atoms with Crippen molar-refractivity contribution in [3.05, 3.63) is 65.9 Å². The molecule has 7 heteroatoms. The maximum atomic E-state index is 11.9. The summed E-state index contributed by atoms with van der Waals surface area (Å²) in [6, 6.07) is 13.9. The van der Waals surface area contributed by atoms with Gasteiger partial charge in [-0.15, -0.1) is 0 Å². The number of para-hydroxylation sites is 1. The van der Waals surface area contributed by atoms with E-state index in [1.54, 1.807) is 18.3 Å². The molecule has 0 bridgehead atoms. The van der Waals surface area contributed by atoms with Crippen molar-refractivity contribution in [3.8, 4) is 11.5 Å². The zero-order valence-corrected chi connectivity index (χ0v) is 14.4. The molecule has 4 N–H and O–H groups in total. The van der Waals surface area contributed by atoms with E-state index < -0.39 is 13.8 Å². The molecule has 0 spiro atoms. The van der Waals surface area contributed by atoms with E-state index in [1.807, 2.05) is 24.3 Å². The molecule has 0 saturated heterocycles. The van der Waals surface area contributed by atoms with E-state index >= 15 is 0 Å². The number of pyridine rings is 1. The Morgan fingerprint density at radius 3 is 2.64 bits per heavy atom. The van der Waals surface area contributed by atoms with Crippen LogP contribution >= 0.6 is 8.03 Å². The Bertz CT molecular complexity index is 911. The minimum atomic E-state index is -2.86. The van der Waals surface area contributed by atoms with Crippen molar-refractivity contribution in [2.45, 2.75) is 12.2 Å². The summed E-state index contributed by atoms with van der Waals surface area (Å²) in [5, 5.41) is 22.8. The quantitative estimate of drug-likeness (QED) is 0.399. The molecular formula is C18H19N2O4P. The highest BCUT2D eigenvalue weighted by Crippen LogP contribution is 2.38. The van der Waals surface area contributed by atoms with Crippen molar-refractivity contribution in [2.75, 3.05) is 6.54 Å². The highest BCUT2D eigenvalue weighted by Gasteiger charge is 2.19. The highest BCUT2D eigenvalue weighted by atomic mass is 31.1. The first kappa shape index (κ1) is 17.4. The van der Waals surface area contributed by atoms with Gasteiger partial charge in [0.15, 0.2) is 11.5 Å². The maximum Gasteiger partial charge on any atom is 0.209 e. The number of hydrogen-bond acceptors (Lipinski definition) is 5. The van der Waals surface area contributed by atoms with Gasteiger partial charge in [0.25, 0.3) is 0 Å². The predicted molar refractivity (Wildman–Crippen MR) is 97.2 cm³/mol. The largest absolute Gasteiger partial charge is 0.504 e. The van der Waals surface area contributed by atoms with E-state index in [1.165, 1.54) is 12.1 Å². The van der Waals surface area contributed by atoms with Crippen molar-refractivity contribution >= 4 is 18.9 Å². The minimum Gasteiger partial charge on any atom is -0.504 e. The molecule has 3 rings (SSSR count). The lowest BCUT2D eigenvalue weighted by Gasteiger charge is -2.18. The Balaban J connectivity index is 1.77. The fourth-order valence-corrected chi connectivity index (χ4v) is 3.62. The second kappa shape index (κ2) is 7.66. The van der Waals surface area contributed by atoms with Crippen LogP contribution in [0.4, 0.5) is 0 Å². The van der Waals surface area contributed by atoms with Crippen LogP contribution in [0.3, 0.4) is 0 Å². The van der Waals surface area contributed by atoms with Gasteiger partial charge in [0, 0.05) is 18.1 Å². The van der Waals surface area contributed by atoms with E-state index in [2.05, 4.69) is 10.3 Å². The molecule has 0 radical (unpaired) electrons. The lowest BCUT2D eigenvalue weighted by Crippen LogP contribution is -2.21. The molecule has 0 aliphatic heterocycles. The molecule has 6 nitrogen and oxygen atoms in total. The van der Waals surface area contributed by atoms with Gasteiger partial charge in [-0.2, -0.15) is 0 Å². The molecule has 0 aliphatic rings. The third-order valence-corrected chi connectivity index (χ3v) is 5.05. The number of benzene rings is 2. The van der Waals surface area contributed by atoms with Crippen LogP contribution in [0.5, 0.6) is 11.5 Å². The van der Waals surface area contributed by atoms with Crippen LogP contribution in [0.2, 0.25) is 0 Å². The van der Waals surface area contributed by atoms with E-state index in [0.717, 1.165) is 22.0 Å². The zero-order valence-electron chi connectivity index (χ0n) is 13.4. The third-order valence-electron chi connectivity index (χ3n) is 4.04. The molecule has 2 aromatic carbocycles. The Morgan fingerprint density at radius 2 is 1.88 bits per heavy atom. The van der Waals surface area contributed by atoms with Gasteiger partial charge in [-0.1, -0.05) is 24.3 Å². The number of rotatable bonds is 6. The van der Waals surface area contributed by atoms with Crippen molar-refractivity contribution in [1.82, 2.24) is 10.3 Å². The lowest BCUT2D eigenvalue weighted by molar-refractivity contribution is 0.403. The van der Waals surface area contributed by atoms with Gasteiger partial charge in [-0.05, 0) is 41.8 Å². The molecule has 2 unspecified atom stereocenters. The number of phenols is 2. The Morgan fingerprint density at radius 1 is 1.08 bits per heavy atom. The summed E-state index contributed by atoms with van der Waals surface area (Å²) in [6.07, 6.45) is 2.18. The summed E-state index contributed by atoms with van der Waals surface area (Å²) in [4.78, 5) is 14.1. The fourth-order valence-electron chi connectivity index (χ4n) is 2.79. The van der Waals surface area contributed by atoms with Crippen molar-refractivity contribution in [3.63, 3.8) is 0 Å². The van der Waals surface area contributed by atoms with Crippen LogP contribution in [0.1, 0.15) is 16.9 Å². The SMILES string of the molecule is O=[PH](O)C(NCCc1ccc(O)c(O)c1)c1ccnc2ccccc12. The molecule has 1 heterocycles. The average Bonchev–Trinajstić information content (AvgIpc) is 2.61. The number of aromatic hydroxyl groups is 2. The normalized spacial score (nSPS) is 13.6. The van der Waals surface area contributed by atoms with Crippen molar-refractivity contribution < 1.29 is 19.7 Å². The zero-order chi connectivity index (χ0) is 17.8. The maximum absolute atomic E-state index is 11.9. The second-order valence-electron chi connectivity index (χ2n) is 5.72. The van der Waals surface area contributed by atoms with Crippen LogP contribution in [-0.4, -0.2) is 26.6 Å². The molecule has 25 heavy (non-hydrogen) atoms. The summed E-state index contributed by atoms with van der Waals surface area (Å²) in [5.41, 5.74) is 2.34. The van der Waals surface area contributed by atoms with Crippen LogP contribution < -0.4 is 5.32 Å². The van der Waals surface area contributed by atoms with Crippen LogP contribution in [0.25, 0.3) is 10.9 Å². The second-order valence-corrected chi connectivity index (χ2v) is 6.97. The Kier molecular flexibility index (Phi) is 5.34. The lowest BCUT2D eigenvalue weighted by atomic mass is 10.1. The Hall–Kier alpha value is -2.40. The summed E-state index contributed by atoms with van der Waals surface area (Å²) in [5.74, 6) is -1.02. The summed E-state index contributed by atoms with van der Waals surface area (Å²) in [6.45, 7) is 0.447. The number of fused-ring (bicyclic) bond motifs is 1. The van der Waals surface area contributed by atoms with E-state index in [0.29, 0.717) is 13.0 Å². The predicted octanol–water partition coefficient (Wildman–Crippen LogP) is 2.94. The average molecular weight is 358 g/mol. The summed E-state index contributed by atoms with van der Waals surface area (Å²) < 4.78 is 11.9. The number of nitrogens with one attached hydrogen (secondary N) is 1. The minimum absolute atomic E-state index is 0.168. The number of aromatic nitrogens is 1. The highest BCUT2D eigenvalue weighted by molar-refractivity contribution is 7.38. The number of nitrogens with zero attached hydrogens (tertiary/aromatic N) is 1. The summed E-state index contributed by atoms with van der Waals surface area (Å²) in [7, 11) is -2.86. The molecule has 0 fully saturated rings. The van der Waals surface area contributed by atoms with Gasteiger partial charge in [0.05, 0.1) is 5.52 Å². The number of phenolic OH excluding ortho intramolecular Hbond substituents is 2. The van der Waals surface area contributed by atoms with Crippen LogP contribution in [0.15, 0.2) is 54.7 Å². The standard InChI is InChI=1S/C18H19N2O4P/c21-16-6-5-12(11-17(16)22)7-9-20-18(25(23)24)14-8-10-19-15-4-2-1-3-13(14)15/h1-6,8,10-11,18,20-22,25H,7,9H2,(H,23,24). The van der Waals surface area contributed by atoms with Gasteiger partial charge < -0.3 is 20.4 Å². The van der Waals surface area contributed by atoms with Crippen LogP contribution in [-0.2, 0) is 11.0 Å². The molecule has 0 amide bonds. The first-order valence-electron chi connectivity index (χ1n) is 7.87. The molecule has 130 valence electrons. The van der Waals surface area contributed by atoms with E-state index in [4.69, 9.17) is 0 Å². The molecular weight excluding hydrogens is 339 g/mol. The van der Waals surface area contributed by atoms with E-state index in [9.17, 15) is 19.7 Å². The fraction of sp³-hybridized carbons (Fsp3) is 0.167. The first-order chi connectivity index (χ1) is 12.1. The number of hydrogen-bond donors (Lipinski definition) is 4. The van der Waals surface area contributed by atoms with Crippen molar-refractivity contribution in [1.29, 1.82) is 0 Å². The molecule has 1 aromatic heterocycles. The van der Waals surface area contributed by atoms with Gasteiger partial charge in [0.2, 0.25) is 8.03 Å². The van der Waals surface area contributed by atoms with Gasteiger partial charge >= 0.3 is 0 Å². The van der Waals surface area contributed by atoms with E-state index in [-0.39, 0.29) is 11.5 Å². The molecule has 2 atom stereocenters. The topological polar surface area (TPSA) is 103 Å². The smallest absolute Gasteiger partial charge is 0.209 e. The third kappa shape index (κ3) is 3.99. The van der Waals surface area contributed by atoms with Crippen LogP contribution in [0, 0.1) is 0 Å². The van der Waals surface area contributed by atoms with Gasteiger partial charge in [-0.25, -0.2) is 0 Å². The monoisotopic (exact) mass is 358 g/mol. The van der Waals surface area contributed by atoms with Crippen molar-refractivity contribution in [2.24, 2.45) is 0 Å². The molecule has 3 aromatic rings. The van der Waals surface area contributed by atoms with Gasteiger partial charge in [0.1, 0.15) is 5.78 Å². The Labute approximate surface area is 145 Å². The summed E-state index contributed by atoms with van der Waals surface area (Å²) >= 11 is 0. The van der Waals surface area contributed by atoms with Gasteiger partial charge in [-0.3, -0.25) is 9.55 Å². The molecule has 0 saturated carbocycles. The molecule has 0 aliphatic carbocycles.